The SMILES string of the molecule is N#Cc1c(NS(=O)(=O)C2CCOCC2)ccc(F)c1Oc1ccc2ncn(C3CC4(CCNCC4)C3)c(=O)c2c1. The smallest absolute Gasteiger partial charge is 0.261 e. The van der Waals surface area contributed by atoms with Gasteiger partial charge in [0.2, 0.25) is 10.0 Å². The van der Waals surface area contributed by atoms with E-state index in [0.29, 0.717) is 37.0 Å². The topological polar surface area (TPSA) is 135 Å². The largest absolute Gasteiger partial charge is 0.453 e. The Kier molecular flexibility index (Phi) is 6.98. The molecule has 0 radical (unpaired) electrons. The lowest BCUT2D eigenvalue weighted by Gasteiger charge is -2.50. The Morgan fingerprint density at radius 2 is 1.93 bits per heavy atom. The molecule has 1 spiro atoms. The van der Waals surface area contributed by atoms with Crippen molar-refractivity contribution in [2.24, 2.45) is 5.41 Å². The number of hydrogen-bond donors (Lipinski definition) is 2. The molecule has 3 aromatic rings. The Morgan fingerprint density at radius 3 is 2.65 bits per heavy atom. The minimum absolute atomic E-state index is 0.0768. The van der Waals surface area contributed by atoms with E-state index in [4.69, 9.17) is 9.47 Å². The van der Waals surface area contributed by atoms with Crippen LogP contribution in [-0.2, 0) is 14.8 Å². The number of rotatable bonds is 6. The molecule has 2 aliphatic heterocycles. The van der Waals surface area contributed by atoms with Crippen LogP contribution >= 0.6 is 0 Å². The van der Waals surface area contributed by atoms with Gasteiger partial charge in [0.05, 0.1) is 28.2 Å². The third-order valence-electron chi connectivity index (χ3n) is 8.45. The van der Waals surface area contributed by atoms with Gasteiger partial charge >= 0.3 is 0 Å². The Morgan fingerprint density at radius 1 is 1.18 bits per heavy atom. The van der Waals surface area contributed by atoms with E-state index in [1.54, 1.807) is 17.0 Å². The molecule has 3 fully saturated rings. The second kappa shape index (κ2) is 10.5. The summed E-state index contributed by atoms with van der Waals surface area (Å²) in [5.74, 6) is -1.13. The average molecular weight is 568 g/mol. The van der Waals surface area contributed by atoms with Gasteiger partial charge in [-0.1, -0.05) is 0 Å². The van der Waals surface area contributed by atoms with Crippen molar-refractivity contribution in [3.63, 3.8) is 0 Å². The number of halogens is 1. The summed E-state index contributed by atoms with van der Waals surface area (Å²) in [6.45, 7) is 2.65. The minimum Gasteiger partial charge on any atom is -0.453 e. The van der Waals surface area contributed by atoms with Crippen molar-refractivity contribution in [3.05, 3.63) is 58.4 Å². The van der Waals surface area contributed by atoms with Crippen LogP contribution in [0, 0.1) is 22.6 Å². The standard InChI is InChI=1S/C28H30FN5O5S/c29-23-2-4-25(33-40(36,37)20-5-11-38-12-6-20)22(16-30)26(23)39-19-1-3-24-21(13-19)27(35)34(17-32-24)18-14-28(15-18)7-9-31-10-8-28/h1-4,13,17-18,20,31,33H,5-12,14-15H2. The van der Waals surface area contributed by atoms with Crippen molar-refractivity contribution >= 4 is 26.6 Å². The number of fused-ring (bicyclic) bond motifs is 1. The van der Waals surface area contributed by atoms with Crippen LogP contribution in [0.25, 0.3) is 10.9 Å². The first kappa shape index (κ1) is 26.7. The van der Waals surface area contributed by atoms with Crippen LogP contribution in [0.4, 0.5) is 10.1 Å². The summed E-state index contributed by atoms with van der Waals surface area (Å²) in [6, 6.07) is 8.82. The molecule has 40 heavy (non-hydrogen) atoms. The Balaban J connectivity index is 1.28. The maximum atomic E-state index is 14.9. The first-order valence-electron chi connectivity index (χ1n) is 13.5. The summed E-state index contributed by atoms with van der Waals surface area (Å²) < 4.78 is 55.9. The van der Waals surface area contributed by atoms with E-state index in [1.807, 2.05) is 6.07 Å². The average Bonchev–Trinajstić information content (AvgIpc) is 2.95. The van der Waals surface area contributed by atoms with Crippen molar-refractivity contribution in [2.75, 3.05) is 31.0 Å². The Labute approximate surface area is 231 Å². The third kappa shape index (κ3) is 4.93. The van der Waals surface area contributed by atoms with Crippen LogP contribution in [0.5, 0.6) is 11.5 Å². The van der Waals surface area contributed by atoms with Crippen molar-refractivity contribution in [1.82, 2.24) is 14.9 Å². The number of nitrogens with one attached hydrogen (secondary N) is 2. The predicted octanol–water partition coefficient (Wildman–Crippen LogP) is 3.82. The van der Waals surface area contributed by atoms with Gasteiger partial charge in [-0.05, 0) is 87.4 Å². The van der Waals surface area contributed by atoms with E-state index in [9.17, 15) is 22.9 Å². The van der Waals surface area contributed by atoms with Crippen molar-refractivity contribution < 1.29 is 22.3 Å². The van der Waals surface area contributed by atoms with Gasteiger partial charge < -0.3 is 14.8 Å². The van der Waals surface area contributed by atoms with Crippen molar-refractivity contribution in [1.29, 1.82) is 5.26 Å². The van der Waals surface area contributed by atoms with Gasteiger partial charge in [0, 0.05) is 19.3 Å². The number of benzene rings is 2. The highest BCUT2D eigenvalue weighted by molar-refractivity contribution is 7.93. The molecule has 2 saturated heterocycles. The van der Waals surface area contributed by atoms with E-state index in [1.165, 1.54) is 18.2 Å². The number of piperidine rings is 1. The van der Waals surface area contributed by atoms with Gasteiger partial charge in [0.15, 0.2) is 11.6 Å². The van der Waals surface area contributed by atoms with Crippen LogP contribution in [0.2, 0.25) is 0 Å². The summed E-state index contributed by atoms with van der Waals surface area (Å²) in [4.78, 5) is 17.9. The maximum Gasteiger partial charge on any atom is 0.261 e. The molecule has 3 aliphatic rings. The monoisotopic (exact) mass is 567 g/mol. The molecule has 1 aromatic heterocycles. The Hall–Kier alpha value is -3.53. The number of sulfonamides is 1. The quantitative estimate of drug-likeness (QED) is 0.459. The predicted molar refractivity (Wildman–Crippen MR) is 146 cm³/mol. The molecule has 1 saturated carbocycles. The first-order valence-corrected chi connectivity index (χ1v) is 15.0. The minimum atomic E-state index is -3.84. The first-order chi connectivity index (χ1) is 19.3. The van der Waals surface area contributed by atoms with Gasteiger partial charge in [0.25, 0.3) is 5.56 Å². The molecule has 2 N–H and O–H groups in total. The van der Waals surface area contributed by atoms with Crippen LogP contribution in [0.15, 0.2) is 41.5 Å². The lowest BCUT2D eigenvalue weighted by Crippen LogP contribution is -2.47. The summed E-state index contributed by atoms with van der Waals surface area (Å²) in [7, 11) is -3.84. The fraction of sp³-hybridized carbons (Fsp3) is 0.464. The normalized spacial score (nSPS) is 19.7. The highest BCUT2D eigenvalue weighted by atomic mass is 32.2. The van der Waals surface area contributed by atoms with Crippen molar-refractivity contribution in [3.8, 4) is 17.6 Å². The summed E-state index contributed by atoms with van der Waals surface area (Å²) >= 11 is 0. The highest BCUT2D eigenvalue weighted by Crippen LogP contribution is 2.53. The molecule has 0 bridgehead atoms. The molecular weight excluding hydrogens is 537 g/mol. The highest BCUT2D eigenvalue weighted by Gasteiger charge is 2.45. The maximum absolute atomic E-state index is 14.9. The molecule has 1 aliphatic carbocycles. The van der Waals surface area contributed by atoms with Crippen LogP contribution in [0.3, 0.4) is 0 Å². The second-order valence-corrected chi connectivity index (χ2v) is 12.9. The number of hydrogen-bond acceptors (Lipinski definition) is 8. The van der Waals surface area contributed by atoms with Gasteiger partial charge in [-0.15, -0.1) is 0 Å². The summed E-state index contributed by atoms with van der Waals surface area (Å²) in [6.07, 6.45) is 6.32. The molecule has 0 atom stereocenters. The lowest BCUT2D eigenvalue weighted by atomic mass is 9.60. The number of ether oxygens (including phenoxy) is 2. The van der Waals surface area contributed by atoms with Crippen LogP contribution < -0.4 is 20.3 Å². The fourth-order valence-corrected chi connectivity index (χ4v) is 7.59. The molecule has 2 aromatic carbocycles. The zero-order chi connectivity index (χ0) is 27.9. The van der Waals surface area contributed by atoms with E-state index < -0.39 is 26.8 Å². The summed E-state index contributed by atoms with van der Waals surface area (Å²) in [5, 5.41) is 12.9. The molecule has 10 nitrogen and oxygen atoms in total. The molecule has 210 valence electrons. The van der Waals surface area contributed by atoms with E-state index in [0.717, 1.165) is 44.8 Å². The van der Waals surface area contributed by atoms with E-state index >= 15 is 0 Å². The Bertz CT molecular complexity index is 1650. The van der Waals surface area contributed by atoms with Gasteiger partial charge in [-0.3, -0.25) is 14.1 Å². The third-order valence-corrected chi connectivity index (χ3v) is 10.3. The molecule has 0 amide bonds. The number of aromatic nitrogens is 2. The van der Waals surface area contributed by atoms with E-state index in [-0.39, 0.29) is 34.0 Å². The summed E-state index contributed by atoms with van der Waals surface area (Å²) in [5.41, 5.74) is 0.192. The van der Waals surface area contributed by atoms with Gasteiger partial charge in [0.1, 0.15) is 17.4 Å². The number of nitrogens with zero attached hydrogens (tertiary/aromatic N) is 3. The molecule has 6 rings (SSSR count). The fourth-order valence-electron chi connectivity index (χ4n) is 6.13. The molecular formula is C28H30FN5O5S. The number of nitriles is 1. The zero-order valence-corrected chi connectivity index (χ0v) is 22.7. The van der Waals surface area contributed by atoms with Crippen LogP contribution in [0.1, 0.15) is 50.1 Å². The van der Waals surface area contributed by atoms with Gasteiger partial charge in [-0.2, -0.15) is 5.26 Å². The second-order valence-electron chi connectivity index (χ2n) is 10.9. The van der Waals surface area contributed by atoms with E-state index in [2.05, 4.69) is 15.0 Å². The molecule has 12 heteroatoms. The molecule has 0 unspecified atom stereocenters. The van der Waals surface area contributed by atoms with Crippen molar-refractivity contribution in [2.45, 2.75) is 49.8 Å². The van der Waals surface area contributed by atoms with Crippen LogP contribution in [-0.4, -0.2) is 49.5 Å². The zero-order valence-electron chi connectivity index (χ0n) is 21.9. The molecule has 3 heterocycles. The number of anilines is 1. The van der Waals surface area contributed by atoms with Gasteiger partial charge in [-0.25, -0.2) is 17.8 Å². The lowest BCUT2D eigenvalue weighted by molar-refractivity contribution is 0.0270.